The van der Waals surface area contributed by atoms with Gasteiger partial charge < -0.3 is 5.32 Å². The Morgan fingerprint density at radius 3 is 3.00 bits per heavy atom. The van der Waals surface area contributed by atoms with Crippen LogP contribution in [-0.4, -0.2) is 21.9 Å². The summed E-state index contributed by atoms with van der Waals surface area (Å²) in [6, 6.07) is 0. The molecule has 1 N–H and O–H groups in total. The van der Waals surface area contributed by atoms with Gasteiger partial charge in [-0.1, -0.05) is 18.5 Å². The Morgan fingerprint density at radius 1 is 1.57 bits per heavy atom. The van der Waals surface area contributed by atoms with Crippen molar-refractivity contribution in [2.45, 2.75) is 25.1 Å². The Balaban J connectivity index is 2.35. The molecule has 1 aromatic rings. The molecule has 0 amide bonds. The molecular weight excluding hydrogens is 221 g/mol. The molecule has 0 bridgehead atoms. The van der Waals surface area contributed by atoms with Gasteiger partial charge in [-0.2, -0.15) is 0 Å². The molecule has 0 aliphatic carbocycles. The van der Waals surface area contributed by atoms with Gasteiger partial charge in [0.15, 0.2) is 0 Å². The number of nitrogens with one attached hydrogen (secondary N) is 1. The molecule has 0 aromatic carbocycles. The second-order valence-electron chi connectivity index (χ2n) is 2.94. The lowest BCUT2D eigenvalue weighted by atomic mass is 10.2. The molecule has 3 nitrogen and oxygen atoms in total. The van der Waals surface area contributed by atoms with Gasteiger partial charge in [0, 0.05) is 11.9 Å². The van der Waals surface area contributed by atoms with E-state index in [4.69, 9.17) is 23.2 Å². The van der Waals surface area contributed by atoms with E-state index in [1.165, 1.54) is 6.33 Å². The summed E-state index contributed by atoms with van der Waals surface area (Å²) in [6.07, 6.45) is 4.90. The van der Waals surface area contributed by atoms with Crippen molar-refractivity contribution in [3.63, 3.8) is 0 Å². The summed E-state index contributed by atoms with van der Waals surface area (Å²) in [6.45, 7) is 2.84. The Morgan fingerprint density at radius 2 is 2.36 bits per heavy atom. The predicted molar refractivity (Wildman–Crippen MR) is 60.1 cm³/mol. The summed E-state index contributed by atoms with van der Waals surface area (Å²) in [5, 5.41) is 3.86. The zero-order valence-corrected chi connectivity index (χ0v) is 9.52. The van der Waals surface area contributed by atoms with Gasteiger partial charge in [-0.05, 0) is 12.8 Å². The van der Waals surface area contributed by atoms with Gasteiger partial charge in [-0.3, -0.25) is 0 Å². The third kappa shape index (κ3) is 3.68. The van der Waals surface area contributed by atoms with E-state index in [0.29, 0.717) is 10.8 Å². The highest BCUT2D eigenvalue weighted by Crippen LogP contribution is 2.16. The number of alkyl halides is 1. The summed E-state index contributed by atoms with van der Waals surface area (Å²) >= 11 is 11.8. The topological polar surface area (TPSA) is 37.8 Å². The number of aromatic nitrogens is 2. The smallest absolute Gasteiger partial charge is 0.148 e. The van der Waals surface area contributed by atoms with Crippen LogP contribution in [0.3, 0.4) is 0 Å². The van der Waals surface area contributed by atoms with Gasteiger partial charge in [0.25, 0.3) is 0 Å². The quantitative estimate of drug-likeness (QED) is 0.796. The van der Waals surface area contributed by atoms with E-state index in [-0.39, 0.29) is 5.38 Å². The van der Waals surface area contributed by atoms with E-state index in [1.54, 1.807) is 6.20 Å². The molecule has 1 aromatic heterocycles. The Bertz CT molecular complexity index is 281. The van der Waals surface area contributed by atoms with Crippen molar-refractivity contribution in [2.24, 2.45) is 0 Å². The van der Waals surface area contributed by atoms with Crippen molar-refractivity contribution in [3.05, 3.63) is 17.5 Å². The van der Waals surface area contributed by atoms with E-state index in [0.717, 1.165) is 19.4 Å². The molecule has 5 heteroatoms. The SMILES string of the molecule is CCC(Cl)CCNc1ncncc1Cl. The lowest BCUT2D eigenvalue weighted by molar-refractivity contribution is 0.752. The maximum absolute atomic E-state index is 5.97. The van der Waals surface area contributed by atoms with E-state index in [2.05, 4.69) is 22.2 Å². The third-order valence-electron chi connectivity index (χ3n) is 1.86. The van der Waals surface area contributed by atoms with Gasteiger partial charge in [0.2, 0.25) is 0 Å². The minimum Gasteiger partial charge on any atom is -0.369 e. The van der Waals surface area contributed by atoms with Crippen molar-refractivity contribution < 1.29 is 0 Å². The first-order chi connectivity index (χ1) is 6.74. The number of hydrogen-bond donors (Lipinski definition) is 1. The van der Waals surface area contributed by atoms with Gasteiger partial charge in [-0.25, -0.2) is 9.97 Å². The van der Waals surface area contributed by atoms with Crippen LogP contribution in [0.5, 0.6) is 0 Å². The fourth-order valence-electron chi connectivity index (χ4n) is 0.994. The standard InChI is InChI=1S/C9H13Cl2N3/c1-2-7(10)3-4-13-9-8(11)5-12-6-14-9/h5-7H,2-4H2,1H3,(H,12,13,14). The molecule has 0 fully saturated rings. The van der Waals surface area contributed by atoms with Crippen LogP contribution in [-0.2, 0) is 0 Å². The summed E-state index contributed by atoms with van der Waals surface area (Å²) < 4.78 is 0. The average Bonchev–Trinajstić information content (AvgIpc) is 2.20. The fourth-order valence-corrected chi connectivity index (χ4v) is 1.28. The summed E-state index contributed by atoms with van der Waals surface area (Å²) in [4.78, 5) is 7.80. The molecule has 78 valence electrons. The Hall–Kier alpha value is -0.540. The van der Waals surface area contributed by atoms with E-state index in [9.17, 15) is 0 Å². The summed E-state index contributed by atoms with van der Waals surface area (Å²) in [7, 11) is 0. The minimum atomic E-state index is 0.211. The highest BCUT2D eigenvalue weighted by molar-refractivity contribution is 6.32. The Kier molecular flexibility index (Phi) is 4.98. The second kappa shape index (κ2) is 6.04. The van der Waals surface area contributed by atoms with Crippen LogP contribution in [0.15, 0.2) is 12.5 Å². The van der Waals surface area contributed by atoms with Crippen molar-refractivity contribution in [3.8, 4) is 0 Å². The molecule has 1 rings (SSSR count). The van der Waals surface area contributed by atoms with Crippen LogP contribution in [0.2, 0.25) is 5.02 Å². The molecule has 1 atom stereocenters. The minimum absolute atomic E-state index is 0.211. The van der Waals surface area contributed by atoms with E-state index in [1.807, 2.05) is 0 Å². The number of anilines is 1. The van der Waals surface area contributed by atoms with Gasteiger partial charge in [0.05, 0.1) is 6.20 Å². The molecule has 0 saturated heterocycles. The molecule has 0 saturated carbocycles. The lowest BCUT2D eigenvalue weighted by Gasteiger charge is -2.08. The van der Waals surface area contributed by atoms with E-state index >= 15 is 0 Å². The highest BCUT2D eigenvalue weighted by atomic mass is 35.5. The van der Waals surface area contributed by atoms with Crippen LogP contribution < -0.4 is 5.32 Å². The zero-order valence-electron chi connectivity index (χ0n) is 8.00. The van der Waals surface area contributed by atoms with Crippen LogP contribution in [0.25, 0.3) is 0 Å². The van der Waals surface area contributed by atoms with Crippen LogP contribution in [0.1, 0.15) is 19.8 Å². The van der Waals surface area contributed by atoms with Crippen LogP contribution in [0.4, 0.5) is 5.82 Å². The molecule has 0 aliphatic rings. The molecule has 0 spiro atoms. The molecule has 1 unspecified atom stereocenters. The number of hydrogen-bond acceptors (Lipinski definition) is 3. The maximum atomic E-state index is 5.97. The lowest BCUT2D eigenvalue weighted by Crippen LogP contribution is -2.09. The summed E-state index contributed by atoms with van der Waals surface area (Å²) in [5.74, 6) is 0.668. The first kappa shape index (κ1) is 11.5. The number of halogens is 2. The normalized spacial score (nSPS) is 12.5. The van der Waals surface area contributed by atoms with Crippen molar-refractivity contribution in [2.75, 3.05) is 11.9 Å². The predicted octanol–water partition coefficient (Wildman–Crippen LogP) is 2.95. The zero-order chi connectivity index (χ0) is 10.4. The fraction of sp³-hybridized carbons (Fsp3) is 0.556. The third-order valence-corrected chi connectivity index (χ3v) is 2.66. The largest absolute Gasteiger partial charge is 0.369 e. The highest BCUT2D eigenvalue weighted by Gasteiger charge is 2.03. The molecule has 14 heavy (non-hydrogen) atoms. The molecule has 0 aliphatic heterocycles. The maximum Gasteiger partial charge on any atom is 0.148 e. The molecule has 0 radical (unpaired) electrons. The van der Waals surface area contributed by atoms with Crippen molar-refractivity contribution >= 4 is 29.0 Å². The van der Waals surface area contributed by atoms with Crippen LogP contribution >= 0.6 is 23.2 Å². The number of rotatable bonds is 5. The van der Waals surface area contributed by atoms with Gasteiger partial charge in [0.1, 0.15) is 17.2 Å². The van der Waals surface area contributed by atoms with Gasteiger partial charge in [-0.15, -0.1) is 11.6 Å². The summed E-state index contributed by atoms with van der Waals surface area (Å²) in [5.41, 5.74) is 0. The van der Waals surface area contributed by atoms with Crippen molar-refractivity contribution in [1.82, 2.24) is 9.97 Å². The second-order valence-corrected chi connectivity index (χ2v) is 3.96. The number of nitrogens with zero attached hydrogens (tertiary/aromatic N) is 2. The first-order valence-corrected chi connectivity index (χ1v) is 5.39. The van der Waals surface area contributed by atoms with E-state index < -0.39 is 0 Å². The van der Waals surface area contributed by atoms with Crippen molar-refractivity contribution in [1.29, 1.82) is 0 Å². The monoisotopic (exact) mass is 233 g/mol. The average molecular weight is 234 g/mol. The molecular formula is C9H13Cl2N3. The van der Waals surface area contributed by atoms with Crippen LogP contribution in [0, 0.1) is 0 Å². The van der Waals surface area contributed by atoms with Gasteiger partial charge >= 0.3 is 0 Å². The Labute approximate surface area is 93.9 Å². The molecule has 1 heterocycles. The first-order valence-electron chi connectivity index (χ1n) is 4.57.